The lowest BCUT2D eigenvalue weighted by atomic mass is 10.1. The van der Waals surface area contributed by atoms with E-state index >= 15 is 0 Å². The summed E-state index contributed by atoms with van der Waals surface area (Å²) < 4.78 is 0.996. The van der Waals surface area contributed by atoms with Crippen LogP contribution >= 0.6 is 15.9 Å². The van der Waals surface area contributed by atoms with Crippen LogP contribution in [0.15, 0.2) is 53.0 Å². The molecule has 0 unspecified atom stereocenters. The maximum Gasteiger partial charge on any atom is 0.319 e. The molecule has 0 aromatic heterocycles. The van der Waals surface area contributed by atoms with Crippen molar-refractivity contribution in [2.45, 2.75) is 25.8 Å². The number of halogens is 1. The van der Waals surface area contributed by atoms with Gasteiger partial charge in [0.1, 0.15) is 0 Å². The molecule has 4 nitrogen and oxygen atoms in total. The van der Waals surface area contributed by atoms with Crippen molar-refractivity contribution < 1.29 is 4.79 Å². The van der Waals surface area contributed by atoms with Crippen LogP contribution in [0, 0.1) is 0 Å². The Morgan fingerprint density at radius 3 is 2.42 bits per heavy atom. The Hall–Kier alpha value is -2.01. The van der Waals surface area contributed by atoms with Crippen molar-refractivity contribution in [1.29, 1.82) is 0 Å². The summed E-state index contributed by atoms with van der Waals surface area (Å²) in [5.41, 5.74) is 3.09. The highest BCUT2D eigenvalue weighted by Crippen LogP contribution is 2.21. The number of anilines is 2. The fourth-order valence-electron chi connectivity index (χ4n) is 2.90. The number of rotatable bonds is 4. The number of nitrogens with zero attached hydrogens (tertiary/aromatic N) is 1. The quantitative estimate of drug-likeness (QED) is 0.793. The smallest absolute Gasteiger partial charge is 0.319 e. The van der Waals surface area contributed by atoms with Gasteiger partial charge in [-0.15, -0.1) is 0 Å². The molecular formula is C19H22BrN3O. The first-order chi connectivity index (χ1) is 11.7. The third-order valence-electron chi connectivity index (χ3n) is 4.24. The maximum atomic E-state index is 12.0. The van der Waals surface area contributed by atoms with E-state index in [-0.39, 0.29) is 6.03 Å². The zero-order chi connectivity index (χ0) is 16.8. The average molecular weight is 388 g/mol. The van der Waals surface area contributed by atoms with Crippen molar-refractivity contribution in [3.63, 3.8) is 0 Å². The highest BCUT2D eigenvalue weighted by atomic mass is 79.9. The van der Waals surface area contributed by atoms with Crippen LogP contribution in [0.4, 0.5) is 16.2 Å². The zero-order valence-electron chi connectivity index (χ0n) is 13.6. The number of urea groups is 1. The van der Waals surface area contributed by atoms with E-state index in [4.69, 9.17) is 0 Å². The number of benzene rings is 2. The molecule has 1 saturated heterocycles. The van der Waals surface area contributed by atoms with Gasteiger partial charge in [0.15, 0.2) is 0 Å². The predicted octanol–water partition coefficient (Wildman–Crippen LogP) is 4.76. The molecule has 0 saturated carbocycles. The predicted molar refractivity (Wildman–Crippen MR) is 103 cm³/mol. The molecule has 5 heteroatoms. The molecule has 0 bridgehead atoms. The highest BCUT2D eigenvalue weighted by molar-refractivity contribution is 9.10. The van der Waals surface area contributed by atoms with Crippen LogP contribution in [0.3, 0.4) is 0 Å². The highest BCUT2D eigenvalue weighted by Gasteiger charge is 2.11. The molecule has 3 rings (SSSR count). The molecule has 2 aromatic rings. The number of hydrogen-bond donors (Lipinski definition) is 2. The third-order valence-corrected chi connectivity index (χ3v) is 5.02. The second-order valence-electron chi connectivity index (χ2n) is 5.99. The molecule has 0 spiro atoms. The van der Waals surface area contributed by atoms with Gasteiger partial charge in [0.25, 0.3) is 0 Å². The van der Waals surface area contributed by atoms with Gasteiger partial charge < -0.3 is 15.5 Å². The lowest BCUT2D eigenvalue weighted by Gasteiger charge is -2.28. The number of nitrogens with one attached hydrogen (secondary N) is 2. The summed E-state index contributed by atoms with van der Waals surface area (Å²) in [5, 5.41) is 5.75. The first-order valence-corrected chi connectivity index (χ1v) is 9.15. The van der Waals surface area contributed by atoms with Crippen LogP contribution in [-0.2, 0) is 6.54 Å². The number of carbonyl (C=O) groups excluding carboxylic acids is 1. The van der Waals surface area contributed by atoms with E-state index in [1.807, 2.05) is 36.4 Å². The molecule has 2 N–H and O–H groups in total. The van der Waals surface area contributed by atoms with Gasteiger partial charge in [-0.05, 0) is 55.2 Å². The minimum Gasteiger partial charge on any atom is -0.372 e. The lowest BCUT2D eigenvalue weighted by Crippen LogP contribution is -2.29. The molecular weight excluding hydrogens is 366 g/mol. The molecule has 0 aliphatic carbocycles. The zero-order valence-corrected chi connectivity index (χ0v) is 15.2. The number of piperidine rings is 1. The minimum absolute atomic E-state index is 0.198. The normalized spacial score (nSPS) is 14.3. The summed E-state index contributed by atoms with van der Waals surface area (Å²) in [5.74, 6) is 0. The van der Waals surface area contributed by atoms with Crippen molar-refractivity contribution in [2.75, 3.05) is 23.3 Å². The van der Waals surface area contributed by atoms with Crippen LogP contribution in [0.2, 0.25) is 0 Å². The van der Waals surface area contributed by atoms with Crippen molar-refractivity contribution in [2.24, 2.45) is 0 Å². The van der Waals surface area contributed by atoms with Gasteiger partial charge >= 0.3 is 6.03 Å². The minimum atomic E-state index is -0.198. The van der Waals surface area contributed by atoms with E-state index < -0.39 is 0 Å². The molecule has 0 atom stereocenters. The third kappa shape index (κ3) is 4.51. The van der Waals surface area contributed by atoms with E-state index in [1.165, 1.54) is 24.9 Å². The van der Waals surface area contributed by atoms with Gasteiger partial charge in [-0.2, -0.15) is 0 Å². The SMILES string of the molecule is O=C(NCc1ccccc1Br)Nc1ccc(N2CCCCC2)cc1. The Kier molecular flexibility index (Phi) is 5.75. The van der Waals surface area contributed by atoms with E-state index in [0.29, 0.717) is 6.54 Å². The monoisotopic (exact) mass is 387 g/mol. The molecule has 0 radical (unpaired) electrons. The van der Waals surface area contributed by atoms with E-state index in [9.17, 15) is 4.79 Å². The average Bonchev–Trinajstić information content (AvgIpc) is 2.62. The Labute approximate surface area is 151 Å². The molecule has 24 heavy (non-hydrogen) atoms. The Morgan fingerprint density at radius 1 is 1.00 bits per heavy atom. The first kappa shape index (κ1) is 16.8. The number of hydrogen-bond acceptors (Lipinski definition) is 2. The van der Waals surface area contributed by atoms with Crippen molar-refractivity contribution in [3.8, 4) is 0 Å². The van der Waals surface area contributed by atoms with Crippen LogP contribution < -0.4 is 15.5 Å². The van der Waals surface area contributed by atoms with Gasteiger partial charge in [0.2, 0.25) is 0 Å². The Balaban J connectivity index is 1.52. The Morgan fingerprint density at radius 2 is 1.71 bits per heavy atom. The second kappa shape index (κ2) is 8.20. The maximum absolute atomic E-state index is 12.0. The van der Waals surface area contributed by atoms with Crippen LogP contribution in [0.5, 0.6) is 0 Å². The van der Waals surface area contributed by atoms with E-state index in [1.54, 1.807) is 0 Å². The molecule has 2 amide bonds. The topological polar surface area (TPSA) is 44.4 Å². The fourth-order valence-corrected chi connectivity index (χ4v) is 3.33. The van der Waals surface area contributed by atoms with Gasteiger partial charge in [-0.1, -0.05) is 34.1 Å². The molecule has 1 heterocycles. The lowest BCUT2D eigenvalue weighted by molar-refractivity contribution is 0.251. The van der Waals surface area contributed by atoms with Gasteiger partial charge in [0, 0.05) is 35.5 Å². The summed E-state index contributed by atoms with van der Waals surface area (Å²) in [6.07, 6.45) is 3.85. The van der Waals surface area contributed by atoms with Crippen LogP contribution in [0.25, 0.3) is 0 Å². The summed E-state index contributed by atoms with van der Waals surface area (Å²) in [6.45, 7) is 2.73. The number of carbonyl (C=O) groups is 1. The summed E-state index contributed by atoms with van der Waals surface area (Å²) in [6, 6.07) is 15.7. The van der Waals surface area contributed by atoms with Gasteiger partial charge in [-0.3, -0.25) is 0 Å². The van der Waals surface area contributed by atoms with Gasteiger partial charge in [0.05, 0.1) is 0 Å². The fraction of sp³-hybridized carbons (Fsp3) is 0.316. The van der Waals surface area contributed by atoms with Crippen LogP contribution in [-0.4, -0.2) is 19.1 Å². The van der Waals surface area contributed by atoms with Gasteiger partial charge in [-0.25, -0.2) is 4.79 Å². The second-order valence-corrected chi connectivity index (χ2v) is 6.85. The molecule has 126 valence electrons. The van der Waals surface area contributed by atoms with Crippen molar-refractivity contribution in [3.05, 3.63) is 58.6 Å². The standard InChI is InChI=1S/C19H22BrN3O/c20-18-7-3-2-6-15(18)14-21-19(24)22-16-8-10-17(11-9-16)23-12-4-1-5-13-23/h2-3,6-11H,1,4-5,12-14H2,(H2,21,22,24). The number of amides is 2. The first-order valence-electron chi connectivity index (χ1n) is 8.35. The largest absolute Gasteiger partial charge is 0.372 e. The molecule has 1 aliphatic rings. The molecule has 2 aromatic carbocycles. The molecule has 1 aliphatic heterocycles. The van der Waals surface area contributed by atoms with Crippen LogP contribution in [0.1, 0.15) is 24.8 Å². The van der Waals surface area contributed by atoms with E-state index in [2.05, 4.69) is 43.6 Å². The summed E-state index contributed by atoms with van der Waals surface area (Å²) in [7, 11) is 0. The summed E-state index contributed by atoms with van der Waals surface area (Å²) >= 11 is 3.48. The molecule has 1 fully saturated rings. The van der Waals surface area contributed by atoms with Crippen molar-refractivity contribution >= 4 is 33.3 Å². The van der Waals surface area contributed by atoms with Crippen molar-refractivity contribution in [1.82, 2.24) is 5.32 Å². The van der Waals surface area contributed by atoms with E-state index in [0.717, 1.165) is 28.8 Å². The summed E-state index contributed by atoms with van der Waals surface area (Å²) in [4.78, 5) is 14.4. The Bertz CT molecular complexity index is 681.